The minimum absolute atomic E-state index is 0.125. The first-order chi connectivity index (χ1) is 9.10. The molecule has 100 valence electrons. The fourth-order valence-electron chi connectivity index (χ4n) is 1.86. The SMILES string of the molecule is CCN(Cc1nc(C(=O)O)cs1)c1cccc(C)c1. The molecule has 0 saturated carbocycles. The van der Waals surface area contributed by atoms with Gasteiger partial charge in [0.15, 0.2) is 5.69 Å². The van der Waals surface area contributed by atoms with Crippen molar-refractivity contribution in [3.8, 4) is 0 Å². The third kappa shape index (κ3) is 3.32. The maximum atomic E-state index is 10.8. The Morgan fingerprint density at radius 3 is 2.84 bits per heavy atom. The van der Waals surface area contributed by atoms with Gasteiger partial charge in [0.1, 0.15) is 5.01 Å². The van der Waals surface area contributed by atoms with Crippen molar-refractivity contribution >= 4 is 23.0 Å². The highest BCUT2D eigenvalue weighted by molar-refractivity contribution is 7.09. The number of thiazole rings is 1. The van der Waals surface area contributed by atoms with E-state index in [0.717, 1.165) is 17.2 Å². The number of carbonyl (C=O) groups is 1. The lowest BCUT2D eigenvalue weighted by atomic mass is 10.2. The Labute approximate surface area is 116 Å². The van der Waals surface area contributed by atoms with E-state index in [-0.39, 0.29) is 5.69 Å². The minimum Gasteiger partial charge on any atom is -0.476 e. The number of anilines is 1. The summed E-state index contributed by atoms with van der Waals surface area (Å²) in [5, 5.41) is 11.3. The molecule has 0 spiro atoms. The molecule has 1 aromatic carbocycles. The second-order valence-corrected chi connectivity index (χ2v) is 5.23. The van der Waals surface area contributed by atoms with Gasteiger partial charge in [0.05, 0.1) is 6.54 Å². The minimum atomic E-state index is -0.971. The van der Waals surface area contributed by atoms with Crippen LogP contribution in [-0.4, -0.2) is 22.6 Å². The number of carboxylic acid groups (broad SMARTS) is 1. The summed E-state index contributed by atoms with van der Waals surface area (Å²) < 4.78 is 0. The first-order valence-electron chi connectivity index (χ1n) is 6.09. The lowest BCUT2D eigenvalue weighted by Gasteiger charge is -2.22. The van der Waals surface area contributed by atoms with Gasteiger partial charge in [0.2, 0.25) is 0 Å². The van der Waals surface area contributed by atoms with Crippen LogP contribution >= 0.6 is 11.3 Å². The van der Waals surface area contributed by atoms with Crippen molar-refractivity contribution in [1.29, 1.82) is 0 Å². The molecule has 0 unspecified atom stereocenters. The molecule has 0 aliphatic carbocycles. The molecular weight excluding hydrogens is 260 g/mol. The van der Waals surface area contributed by atoms with Gasteiger partial charge in [0.25, 0.3) is 0 Å². The Bertz CT molecular complexity index is 580. The van der Waals surface area contributed by atoms with E-state index in [1.165, 1.54) is 16.9 Å². The quantitative estimate of drug-likeness (QED) is 0.911. The molecule has 0 bridgehead atoms. The van der Waals surface area contributed by atoms with Gasteiger partial charge in [-0.05, 0) is 31.5 Å². The van der Waals surface area contributed by atoms with Crippen molar-refractivity contribution in [1.82, 2.24) is 4.98 Å². The van der Waals surface area contributed by atoms with Crippen molar-refractivity contribution in [3.63, 3.8) is 0 Å². The van der Waals surface area contributed by atoms with Crippen LogP contribution in [0.5, 0.6) is 0 Å². The summed E-state index contributed by atoms with van der Waals surface area (Å²) in [6.45, 7) is 5.63. The molecule has 1 aromatic heterocycles. The van der Waals surface area contributed by atoms with Crippen molar-refractivity contribution in [2.75, 3.05) is 11.4 Å². The Morgan fingerprint density at radius 2 is 2.26 bits per heavy atom. The number of aromatic nitrogens is 1. The third-order valence-corrected chi connectivity index (χ3v) is 3.68. The number of hydrogen-bond donors (Lipinski definition) is 1. The van der Waals surface area contributed by atoms with Crippen molar-refractivity contribution in [3.05, 3.63) is 45.9 Å². The summed E-state index contributed by atoms with van der Waals surface area (Å²) in [6.07, 6.45) is 0. The fourth-order valence-corrected chi connectivity index (χ4v) is 2.64. The van der Waals surface area contributed by atoms with E-state index in [4.69, 9.17) is 5.11 Å². The van der Waals surface area contributed by atoms with Crippen LogP contribution < -0.4 is 4.90 Å². The average molecular weight is 276 g/mol. The van der Waals surface area contributed by atoms with Gasteiger partial charge >= 0.3 is 5.97 Å². The highest BCUT2D eigenvalue weighted by atomic mass is 32.1. The van der Waals surface area contributed by atoms with Crippen LogP contribution in [0.2, 0.25) is 0 Å². The Balaban J connectivity index is 2.16. The van der Waals surface area contributed by atoms with Crippen molar-refractivity contribution < 1.29 is 9.90 Å². The van der Waals surface area contributed by atoms with E-state index in [1.54, 1.807) is 5.38 Å². The van der Waals surface area contributed by atoms with Gasteiger partial charge in [0, 0.05) is 17.6 Å². The van der Waals surface area contributed by atoms with Crippen LogP contribution in [0.4, 0.5) is 5.69 Å². The first-order valence-corrected chi connectivity index (χ1v) is 6.97. The predicted octanol–water partition coefficient (Wildman–Crippen LogP) is 3.18. The van der Waals surface area contributed by atoms with Gasteiger partial charge in [-0.2, -0.15) is 0 Å². The molecule has 19 heavy (non-hydrogen) atoms. The number of carboxylic acids is 1. The molecular formula is C14H16N2O2S. The van der Waals surface area contributed by atoms with Gasteiger partial charge in [-0.1, -0.05) is 12.1 Å². The molecule has 0 aliphatic rings. The van der Waals surface area contributed by atoms with E-state index in [2.05, 4.69) is 41.9 Å². The zero-order valence-electron chi connectivity index (χ0n) is 11.0. The predicted molar refractivity (Wildman–Crippen MR) is 77.0 cm³/mol. The van der Waals surface area contributed by atoms with E-state index in [9.17, 15) is 4.79 Å². The van der Waals surface area contributed by atoms with Crippen LogP contribution in [-0.2, 0) is 6.54 Å². The molecule has 0 aliphatic heterocycles. The smallest absolute Gasteiger partial charge is 0.355 e. The molecule has 5 heteroatoms. The highest BCUT2D eigenvalue weighted by Gasteiger charge is 2.12. The van der Waals surface area contributed by atoms with E-state index >= 15 is 0 Å². The van der Waals surface area contributed by atoms with Crippen LogP contribution in [0.3, 0.4) is 0 Å². The highest BCUT2D eigenvalue weighted by Crippen LogP contribution is 2.20. The summed E-state index contributed by atoms with van der Waals surface area (Å²) in [5.74, 6) is -0.971. The number of aryl methyl sites for hydroxylation is 1. The monoisotopic (exact) mass is 276 g/mol. The summed E-state index contributed by atoms with van der Waals surface area (Å²) in [6, 6.07) is 8.26. The molecule has 4 nitrogen and oxygen atoms in total. The maximum absolute atomic E-state index is 10.8. The van der Waals surface area contributed by atoms with Gasteiger partial charge in [-0.15, -0.1) is 11.3 Å². The van der Waals surface area contributed by atoms with Gasteiger partial charge < -0.3 is 10.0 Å². The van der Waals surface area contributed by atoms with Gasteiger partial charge in [-0.3, -0.25) is 0 Å². The van der Waals surface area contributed by atoms with Crippen LogP contribution in [0.1, 0.15) is 28.0 Å². The van der Waals surface area contributed by atoms with E-state index < -0.39 is 5.97 Å². The second kappa shape index (κ2) is 5.84. The number of aromatic carboxylic acids is 1. The van der Waals surface area contributed by atoms with Crippen LogP contribution in [0.25, 0.3) is 0 Å². The molecule has 1 heterocycles. The topological polar surface area (TPSA) is 53.4 Å². The average Bonchev–Trinajstić information content (AvgIpc) is 2.84. The molecule has 1 N–H and O–H groups in total. The number of hydrogen-bond acceptors (Lipinski definition) is 4. The number of benzene rings is 1. The summed E-state index contributed by atoms with van der Waals surface area (Å²) in [7, 11) is 0. The molecule has 0 atom stereocenters. The Kier molecular flexibility index (Phi) is 4.16. The zero-order valence-corrected chi connectivity index (χ0v) is 11.8. The Hall–Kier alpha value is -1.88. The second-order valence-electron chi connectivity index (χ2n) is 4.28. The van der Waals surface area contributed by atoms with Crippen LogP contribution in [0.15, 0.2) is 29.6 Å². The summed E-state index contributed by atoms with van der Waals surface area (Å²) in [5.41, 5.74) is 2.47. The number of nitrogens with zero attached hydrogens (tertiary/aromatic N) is 2. The molecule has 0 saturated heterocycles. The molecule has 0 amide bonds. The maximum Gasteiger partial charge on any atom is 0.355 e. The molecule has 2 rings (SSSR count). The zero-order chi connectivity index (χ0) is 13.8. The summed E-state index contributed by atoms with van der Waals surface area (Å²) in [4.78, 5) is 17.1. The first kappa shape index (κ1) is 13.5. The van der Waals surface area contributed by atoms with Crippen LogP contribution in [0, 0.1) is 6.92 Å². The molecule has 0 radical (unpaired) electrons. The Morgan fingerprint density at radius 1 is 1.47 bits per heavy atom. The standard InChI is InChI=1S/C14H16N2O2S/c1-3-16(11-6-4-5-10(2)7-11)8-13-15-12(9-19-13)14(17)18/h4-7,9H,3,8H2,1-2H3,(H,17,18). The van der Waals surface area contributed by atoms with Crippen molar-refractivity contribution in [2.24, 2.45) is 0 Å². The lowest BCUT2D eigenvalue weighted by Crippen LogP contribution is -2.22. The fraction of sp³-hybridized carbons (Fsp3) is 0.286. The normalized spacial score (nSPS) is 10.4. The lowest BCUT2D eigenvalue weighted by molar-refractivity contribution is 0.0691. The van der Waals surface area contributed by atoms with E-state index in [0.29, 0.717) is 6.54 Å². The number of rotatable bonds is 5. The van der Waals surface area contributed by atoms with Gasteiger partial charge in [-0.25, -0.2) is 9.78 Å². The summed E-state index contributed by atoms with van der Waals surface area (Å²) >= 11 is 1.39. The molecule has 2 aromatic rings. The van der Waals surface area contributed by atoms with E-state index in [1.807, 2.05) is 6.07 Å². The third-order valence-electron chi connectivity index (χ3n) is 2.85. The molecule has 0 fully saturated rings. The van der Waals surface area contributed by atoms with Crippen molar-refractivity contribution in [2.45, 2.75) is 20.4 Å². The largest absolute Gasteiger partial charge is 0.476 e.